The van der Waals surface area contributed by atoms with Gasteiger partial charge in [-0.05, 0) is 0 Å². The molecule has 7 nitrogen and oxygen atoms in total. The Morgan fingerprint density at radius 1 is 1.57 bits per heavy atom. The van der Waals surface area contributed by atoms with Crippen molar-refractivity contribution in [3.63, 3.8) is 0 Å². The molecule has 14 heavy (non-hydrogen) atoms. The summed E-state index contributed by atoms with van der Waals surface area (Å²) < 4.78 is 1.31. The molecular formula is C7H9N5O2. The van der Waals surface area contributed by atoms with E-state index in [0.717, 1.165) is 0 Å². The number of nitrogen functional groups attached to an aromatic ring is 1. The van der Waals surface area contributed by atoms with E-state index in [1.54, 1.807) is 0 Å². The molecule has 4 N–H and O–H groups in total. The van der Waals surface area contributed by atoms with Crippen molar-refractivity contribution in [2.45, 2.75) is 6.54 Å². The Morgan fingerprint density at radius 3 is 3.07 bits per heavy atom. The number of H-pyrrole nitrogens is 1. The Kier molecular flexibility index (Phi) is 1.93. The average molecular weight is 195 g/mol. The Bertz CT molecular complexity index is 514. The van der Waals surface area contributed by atoms with Gasteiger partial charge in [0.1, 0.15) is 11.8 Å². The van der Waals surface area contributed by atoms with Crippen LogP contribution in [0.5, 0.6) is 0 Å². The van der Waals surface area contributed by atoms with Gasteiger partial charge in [0.05, 0.1) is 13.2 Å². The molecule has 0 aliphatic heterocycles. The minimum Gasteiger partial charge on any atom is -0.395 e. The maximum atomic E-state index is 11.4. The van der Waals surface area contributed by atoms with Crippen molar-refractivity contribution in [3.05, 3.63) is 16.8 Å². The molecule has 2 rings (SSSR count). The van der Waals surface area contributed by atoms with Gasteiger partial charge in [0.15, 0.2) is 11.5 Å². The van der Waals surface area contributed by atoms with Gasteiger partial charge in [-0.15, -0.1) is 0 Å². The molecule has 0 aliphatic carbocycles. The van der Waals surface area contributed by atoms with Crippen molar-refractivity contribution in [1.29, 1.82) is 0 Å². The number of aromatic amines is 1. The lowest BCUT2D eigenvalue weighted by molar-refractivity contribution is 0.276. The number of hydrogen-bond acceptors (Lipinski definition) is 5. The topological polar surface area (TPSA) is 110 Å². The molecule has 7 heteroatoms. The number of anilines is 1. The highest BCUT2D eigenvalue weighted by molar-refractivity contribution is 5.81. The fraction of sp³-hybridized carbons (Fsp3) is 0.286. The summed E-state index contributed by atoms with van der Waals surface area (Å²) in [4.78, 5) is 21.5. The van der Waals surface area contributed by atoms with Crippen molar-refractivity contribution < 1.29 is 5.11 Å². The Balaban J connectivity index is 2.79. The molecule has 0 bridgehead atoms. The van der Waals surface area contributed by atoms with Crippen LogP contribution in [-0.2, 0) is 6.54 Å². The lowest BCUT2D eigenvalue weighted by atomic mass is 10.5. The monoisotopic (exact) mass is 195 g/mol. The first-order valence-corrected chi connectivity index (χ1v) is 4.04. The summed E-state index contributed by atoms with van der Waals surface area (Å²) in [5.74, 6) is 0.224. The van der Waals surface area contributed by atoms with E-state index in [-0.39, 0.29) is 24.7 Å². The number of aromatic nitrogens is 4. The summed E-state index contributed by atoms with van der Waals surface area (Å²) in [6, 6.07) is 0. The zero-order valence-electron chi connectivity index (χ0n) is 7.27. The number of aliphatic hydroxyl groups is 1. The van der Waals surface area contributed by atoms with Crippen LogP contribution in [0.2, 0.25) is 0 Å². The number of aliphatic hydroxyl groups excluding tert-OH is 1. The molecule has 0 fully saturated rings. The van der Waals surface area contributed by atoms with Gasteiger partial charge >= 0.3 is 5.69 Å². The fourth-order valence-corrected chi connectivity index (χ4v) is 1.33. The van der Waals surface area contributed by atoms with E-state index in [4.69, 9.17) is 10.8 Å². The van der Waals surface area contributed by atoms with Crippen molar-refractivity contribution >= 4 is 17.0 Å². The maximum absolute atomic E-state index is 11.4. The van der Waals surface area contributed by atoms with E-state index >= 15 is 0 Å². The summed E-state index contributed by atoms with van der Waals surface area (Å²) in [6.07, 6.45) is 1.27. The number of rotatable bonds is 2. The first kappa shape index (κ1) is 8.70. The largest absolute Gasteiger partial charge is 0.395 e. The van der Waals surface area contributed by atoms with Crippen LogP contribution in [0.3, 0.4) is 0 Å². The molecule has 0 radical (unpaired) electrons. The number of imidazole rings is 1. The minimum absolute atomic E-state index is 0.138. The molecule has 0 spiro atoms. The van der Waals surface area contributed by atoms with Crippen LogP contribution >= 0.6 is 0 Å². The maximum Gasteiger partial charge on any atom is 0.327 e. The molecule has 0 amide bonds. The molecule has 0 saturated heterocycles. The van der Waals surface area contributed by atoms with Crippen LogP contribution in [0, 0.1) is 0 Å². The van der Waals surface area contributed by atoms with E-state index in [2.05, 4.69) is 15.0 Å². The predicted molar refractivity (Wildman–Crippen MR) is 49.6 cm³/mol. The summed E-state index contributed by atoms with van der Waals surface area (Å²) in [5, 5.41) is 8.76. The van der Waals surface area contributed by atoms with Crippen molar-refractivity contribution in [2.24, 2.45) is 0 Å². The van der Waals surface area contributed by atoms with E-state index < -0.39 is 0 Å². The molecule has 74 valence electrons. The number of nitrogens with zero attached hydrogens (tertiary/aromatic N) is 3. The van der Waals surface area contributed by atoms with E-state index in [1.807, 2.05) is 0 Å². The van der Waals surface area contributed by atoms with Crippen LogP contribution in [-0.4, -0.2) is 31.2 Å². The molecule has 2 aromatic heterocycles. The molecule has 2 aromatic rings. The van der Waals surface area contributed by atoms with E-state index in [1.165, 1.54) is 10.9 Å². The first-order valence-electron chi connectivity index (χ1n) is 4.04. The average Bonchev–Trinajstić information content (AvgIpc) is 2.45. The lowest BCUT2D eigenvalue weighted by Crippen LogP contribution is -2.18. The Labute approximate surface area is 78.2 Å². The summed E-state index contributed by atoms with van der Waals surface area (Å²) in [6.45, 7) is 0.0393. The van der Waals surface area contributed by atoms with E-state index in [0.29, 0.717) is 11.2 Å². The zero-order valence-corrected chi connectivity index (χ0v) is 7.27. The van der Waals surface area contributed by atoms with Gasteiger partial charge < -0.3 is 10.8 Å². The zero-order chi connectivity index (χ0) is 10.1. The highest BCUT2D eigenvalue weighted by Crippen LogP contribution is 2.11. The van der Waals surface area contributed by atoms with Crippen LogP contribution in [0.1, 0.15) is 0 Å². The van der Waals surface area contributed by atoms with E-state index in [9.17, 15) is 4.79 Å². The number of nitrogens with one attached hydrogen (secondary N) is 1. The third-order valence-corrected chi connectivity index (χ3v) is 1.91. The Morgan fingerprint density at radius 2 is 2.36 bits per heavy atom. The second-order valence-corrected chi connectivity index (χ2v) is 2.76. The molecular weight excluding hydrogens is 186 g/mol. The second kappa shape index (κ2) is 3.11. The molecule has 0 aromatic carbocycles. The highest BCUT2D eigenvalue weighted by Gasteiger charge is 2.10. The molecule has 0 aliphatic rings. The normalized spacial score (nSPS) is 10.9. The third kappa shape index (κ3) is 1.14. The standard InChI is InChI=1S/C7H9N5O2/c8-5-4-6(10-3-9-5)11-7(14)12(4)1-2-13/h3,13H,1-2H2,(H3,8,9,10,11,14). The van der Waals surface area contributed by atoms with Crippen molar-refractivity contribution in [1.82, 2.24) is 19.5 Å². The van der Waals surface area contributed by atoms with Gasteiger partial charge in [0, 0.05) is 0 Å². The molecule has 2 heterocycles. The third-order valence-electron chi connectivity index (χ3n) is 1.91. The van der Waals surface area contributed by atoms with Crippen LogP contribution in [0.25, 0.3) is 11.2 Å². The van der Waals surface area contributed by atoms with Gasteiger partial charge in [-0.25, -0.2) is 14.8 Å². The van der Waals surface area contributed by atoms with Crippen molar-refractivity contribution in [3.8, 4) is 0 Å². The van der Waals surface area contributed by atoms with Crippen molar-refractivity contribution in [2.75, 3.05) is 12.3 Å². The minimum atomic E-state index is -0.346. The number of hydrogen-bond donors (Lipinski definition) is 3. The predicted octanol–water partition coefficient (Wildman–Crippen LogP) is -1.31. The Hall–Kier alpha value is -1.89. The van der Waals surface area contributed by atoms with Gasteiger partial charge in [0.2, 0.25) is 0 Å². The van der Waals surface area contributed by atoms with Crippen LogP contribution in [0.15, 0.2) is 11.1 Å². The van der Waals surface area contributed by atoms with Crippen LogP contribution in [0.4, 0.5) is 5.82 Å². The van der Waals surface area contributed by atoms with Gasteiger partial charge in [-0.1, -0.05) is 0 Å². The van der Waals surface area contributed by atoms with Gasteiger partial charge in [0.25, 0.3) is 0 Å². The summed E-state index contributed by atoms with van der Waals surface area (Å²) in [5.41, 5.74) is 6.06. The molecule has 0 unspecified atom stereocenters. The summed E-state index contributed by atoms with van der Waals surface area (Å²) in [7, 11) is 0. The molecule has 0 saturated carbocycles. The van der Waals surface area contributed by atoms with Crippen LogP contribution < -0.4 is 11.4 Å². The lowest BCUT2D eigenvalue weighted by Gasteiger charge is -2.00. The van der Waals surface area contributed by atoms with Gasteiger partial charge in [-0.2, -0.15) is 0 Å². The molecule has 0 atom stereocenters. The number of nitrogens with two attached hydrogens (primary N) is 1. The summed E-state index contributed by atoms with van der Waals surface area (Å²) >= 11 is 0. The quantitative estimate of drug-likeness (QED) is 0.551. The fourth-order valence-electron chi connectivity index (χ4n) is 1.33. The SMILES string of the molecule is Nc1ncnc2[nH]c(=O)n(CCO)c12. The number of fused-ring (bicyclic) bond motifs is 1. The highest BCUT2D eigenvalue weighted by atomic mass is 16.3. The second-order valence-electron chi connectivity index (χ2n) is 2.76. The first-order chi connectivity index (χ1) is 6.74. The van der Waals surface area contributed by atoms with Gasteiger partial charge in [-0.3, -0.25) is 9.55 Å². The smallest absolute Gasteiger partial charge is 0.327 e.